The topological polar surface area (TPSA) is 56.8 Å². The summed E-state index contributed by atoms with van der Waals surface area (Å²) in [5.74, 6) is 1.27. The minimum absolute atomic E-state index is 0.0523. The van der Waals surface area contributed by atoms with Crippen molar-refractivity contribution < 1.29 is 4.74 Å². The molecule has 0 aliphatic heterocycles. The molecule has 0 radical (unpaired) electrons. The molecule has 0 unspecified atom stereocenters. The van der Waals surface area contributed by atoms with Crippen molar-refractivity contribution in [2.75, 3.05) is 13.2 Å². The molecule has 0 amide bonds. The minimum atomic E-state index is -0.0523. The van der Waals surface area contributed by atoms with Gasteiger partial charge in [-0.3, -0.25) is 0 Å². The predicted molar refractivity (Wildman–Crippen MR) is 138 cm³/mol. The first-order valence-electron chi connectivity index (χ1n) is 14.5. The van der Waals surface area contributed by atoms with Crippen LogP contribution in [0.1, 0.15) is 142 Å². The van der Waals surface area contributed by atoms with Crippen molar-refractivity contribution in [1.82, 2.24) is 0 Å². The van der Waals surface area contributed by atoms with Gasteiger partial charge in [0.25, 0.3) is 0 Å². The normalized spacial score (nSPS) is 29.9. The van der Waals surface area contributed by atoms with Gasteiger partial charge in [0.15, 0.2) is 0 Å². The van der Waals surface area contributed by atoms with E-state index < -0.39 is 0 Å². The Morgan fingerprint density at radius 2 is 0.970 bits per heavy atom. The Labute approximate surface area is 205 Å². The van der Waals surface area contributed by atoms with Crippen molar-refractivity contribution >= 4 is 0 Å². The Bertz CT molecular complexity index is 533. The van der Waals surface area contributed by atoms with Crippen LogP contribution >= 0.6 is 0 Å². The lowest BCUT2D eigenvalue weighted by Crippen LogP contribution is -2.30. The van der Waals surface area contributed by atoms with E-state index in [4.69, 9.17) is 4.74 Å². The fraction of sp³-hybridized carbons (Fsp3) is 0.933. The van der Waals surface area contributed by atoms with Gasteiger partial charge in [0.2, 0.25) is 0 Å². The number of hydrogen-bond acceptors (Lipinski definition) is 3. The summed E-state index contributed by atoms with van der Waals surface area (Å²) in [4.78, 5) is 0. The lowest BCUT2D eigenvalue weighted by atomic mass is 9.68. The average molecular weight is 457 g/mol. The van der Waals surface area contributed by atoms with Crippen LogP contribution in [0, 0.1) is 45.3 Å². The first kappa shape index (κ1) is 28.2. The molecule has 0 bridgehead atoms. The molecule has 0 aromatic heterocycles. The zero-order valence-electron chi connectivity index (χ0n) is 22.0. The minimum Gasteiger partial charge on any atom is -0.381 e. The zero-order valence-corrected chi connectivity index (χ0v) is 22.0. The second-order valence-corrected chi connectivity index (χ2v) is 11.5. The molecular formula is C30H52N2O. The highest BCUT2D eigenvalue weighted by molar-refractivity contribution is 5.02. The SMILES string of the molecule is CCCCCCCC1(C#N)CCC(COCC2CCC(C#N)(CCCCCCC)CC2)CC1. The zero-order chi connectivity index (χ0) is 23.8. The van der Waals surface area contributed by atoms with Gasteiger partial charge in [0, 0.05) is 13.2 Å². The van der Waals surface area contributed by atoms with E-state index in [0.29, 0.717) is 11.8 Å². The Morgan fingerprint density at radius 1 is 0.606 bits per heavy atom. The van der Waals surface area contributed by atoms with Gasteiger partial charge >= 0.3 is 0 Å². The molecule has 2 saturated carbocycles. The first-order valence-corrected chi connectivity index (χ1v) is 14.5. The van der Waals surface area contributed by atoms with Gasteiger partial charge in [-0.1, -0.05) is 78.1 Å². The maximum Gasteiger partial charge on any atom is 0.0689 e. The van der Waals surface area contributed by atoms with E-state index in [1.807, 2.05) is 0 Å². The van der Waals surface area contributed by atoms with Gasteiger partial charge in [0.05, 0.1) is 23.0 Å². The molecule has 0 heterocycles. The molecule has 0 aromatic carbocycles. The van der Waals surface area contributed by atoms with Gasteiger partial charge in [0.1, 0.15) is 0 Å². The lowest BCUT2D eigenvalue weighted by molar-refractivity contribution is 0.0301. The van der Waals surface area contributed by atoms with Crippen molar-refractivity contribution in [3.63, 3.8) is 0 Å². The van der Waals surface area contributed by atoms with Crippen molar-refractivity contribution in [2.45, 2.75) is 142 Å². The monoisotopic (exact) mass is 456 g/mol. The summed E-state index contributed by atoms with van der Waals surface area (Å²) in [6, 6.07) is 5.41. The molecule has 2 aliphatic rings. The Morgan fingerprint density at radius 3 is 1.30 bits per heavy atom. The highest BCUT2D eigenvalue weighted by Crippen LogP contribution is 2.44. The van der Waals surface area contributed by atoms with Gasteiger partial charge in [-0.05, 0) is 76.0 Å². The summed E-state index contributed by atoms with van der Waals surface area (Å²) in [5, 5.41) is 19.7. The van der Waals surface area contributed by atoms with Crippen molar-refractivity contribution in [3.05, 3.63) is 0 Å². The molecule has 188 valence electrons. The Kier molecular flexibility index (Phi) is 13.5. The second kappa shape index (κ2) is 15.8. The maximum absolute atomic E-state index is 9.83. The standard InChI is InChI=1S/C30H52N2O/c1-3-5-7-9-11-17-29(25-31)19-13-27(14-20-29)23-33-24-28-15-21-30(26-32,22-16-28)18-12-10-8-6-4-2/h27-28H,3-24H2,1-2H3. The summed E-state index contributed by atoms with van der Waals surface area (Å²) in [7, 11) is 0. The van der Waals surface area contributed by atoms with Gasteiger partial charge in [-0.25, -0.2) is 0 Å². The van der Waals surface area contributed by atoms with Crippen LogP contribution < -0.4 is 0 Å². The molecule has 2 aliphatic carbocycles. The highest BCUT2D eigenvalue weighted by Gasteiger charge is 2.36. The van der Waals surface area contributed by atoms with E-state index in [1.165, 1.54) is 64.2 Å². The molecule has 0 spiro atoms. The van der Waals surface area contributed by atoms with Crippen LogP contribution in [0.25, 0.3) is 0 Å². The van der Waals surface area contributed by atoms with Crippen molar-refractivity contribution in [3.8, 4) is 12.1 Å². The summed E-state index contributed by atoms with van der Waals surface area (Å²) in [5.41, 5.74) is -0.105. The molecule has 3 heteroatoms. The lowest BCUT2D eigenvalue weighted by Gasteiger charge is -2.36. The predicted octanol–water partition coefficient (Wildman–Crippen LogP) is 9.12. The van der Waals surface area contributed by atoms with E-state index in [0.717, 1.165) is 77.4 Å². The summed E-state index contributed by atoms with van der Waals surface area (Å²) in [6.45, 7) is 6.25. The molecular weight excluding hydrogens is 404 g/mol. The number of nitrogens with zero attached hydrogens (tertiary/aromatic N) is 2. The number of rotatable bonds is 16. The third-order valence-electron chi connectivity index (χ3n) is 8.82. The maximum atomic E-state index is 9.83. The van der Waals surface area contributed by atoms with Gasteiger partial charge in [-0.15, -0.1) is 0 Å². The summed E-state index contributed by atoms with van der Waals surface area (Å²) < 4.78 is 6.20. The average Bonchev–Trinajstić information content (AvgIpc) is 2.86. The number of nitriles is 2. The highest BCUT2D eigenvalue weighted by atomic mass is 16.5. The Balaban J connectivity index is 1.59. The fourth-order valence-corrected chi connectivity index (χ4v) is 6.16. The number of unbranched alkanes of at least 4 members (excludes halogenated alkanes) is 8. The molecule has 3 nitrogen and oxygen atoms in total. The fourth-order valence-electron chi connectivity index (χ4n) is 6.16. The molecule has 0 aromatic rings. The summed E-state index contributed by atoms with van der Waals surface area (Å²) >= 11 is 0. The second-order valence-electron chi connectivity index (χ2n) is 11.5. The molecule has 33 heavy (non-hydrogen) atoms. The van der Waals surface area contributed by atoms with E-state index in [9.17, 15) is 10.5 Å². The first-order chi connectivity index (χ1) is 16.1. The van der Waals surface area contributed by atoms with Crippen LogP contribution in [0.2, 0.25) is 0 Å². The largest absolute Gasteiger partial charge is 0.381 e. The number of hydrogen-bond donors (Lipinski definition) is 0. The summed E-state index contributed by atoms with van der Waals surface area (Å²) in [6.07, 6.45) is 24.0. The smallest absolute Gasteiger partial charge is 0.0689 e. The van der Waals surface area contributed by atoms with Crippen LogP contribution in [-0.4, -0.2) is 13.2 Å². The van der Waals surface area contributed by atoms with Gasteiger partial charge < -0.3 is 4.74 Å². The van der Waals surface area contributed by atoms with Gasteiger partial charge in [-0.2, -0.15) is 10.5 Å². The molecule has 2 rings (SSSR count). The van der Waals surface area contributed by atoms with Crippen molar-refractivity contribution in [2.24, 2.45) is 22.7 Å². The van der Waals surface area contributed by atoms with E-state index in [2.05, 4.69) is 26.0 Å². The quantitative estimate of drug-likeness (QED) is 0.217. The molecule has 0 atom stereocenters. The van der Waals surface area contributed by atoms with Crippen molar-refractivity contribution in [1.29, 1.82) is 10.5 Å². The van der Waals surface area contributed by atoms with Crippen LogP contribution in [0.3, 0.4) is 0 Å². The van der Waals surface area contributed by atoms with Crippen LogP contribution in [0.15, 0.2) is 0 Å². The molecule has 2 fully saturated rings. The van der Waals surface area contributed by atoms with E-state index in [-0.39, 0.29) is 10.8 Å². The van der Waals surface area contributed by atoms with E-state index in [1.54, 1.807) is 0 Å². The molecule has 0 N–H and O–H groups in total. The van der Waals surface area contributed by atoms with Crippen LogP contribution in [-0.2, 0) is 4.74 Å². The molecule has 0 saturated heterocycles. The third kappa shape index (κ3) is 9.99. The third-order valence-corrected chi connectivity index (χ3v) is 8.82. The van der Waals surface area contributed by atoms with Crippen LogP contribution in [0.4, 0.5) is 0 Å². The number of ether oxygens (including phenoxy) is 1. The van der Waals surface area contributed by atoms with Crippen LogP contribution in [0.5, 0.6) is 0 Å². The van der Waals surface area contributed by atoms with E-state index >= 15 is 0 Å². The Hall–Kier alpha value is -1.06.